The monoisotopic (exact) mass is 436 g/mol. The molecule has 4 rings (SSSR count). The zero-order valence-electron chi connectivity index (χ0n) is 18.8. The van der Waals surface area contributed by atoms with E-state index >= 15 is 0 Å². The lowest BCUT2D eigenvalue weighted by Gasteiger charge is -2.22. The Labute approximate surface area is 188 Å². The van der Waals surface area contributed by atoms with Gasteiger partial charge in [-0.15, -0.1) is 0 Å². The van der Waals surface area contributed by atoms with Crippen LogP contribution in [-0.4, -0.2) is 20.2 Å². The van der Waals surface area contributed by atoms with Gasteiger partial charge in [-0.1, -0.05) is 74.6 Å². The predicted molar refractivity (Wildman–Crippen MR) is 128 cm³/mol. The average molecular weight is 437 g/mol. The summed E-state index contributed by atoms with van der Waals surface area (Å²) in [6.45, 7) is 6.27. The van der Waals surface area contributed by atoms with E-state index in [1.807, 2.05) is 6.92 Å². The molecule has 1 aliphatic rings. The van der Waals surface area contributed by atoms with Crippen molar-refractivity contribution >= 4 is 11.8 Å². The Kier molecular flexibility index (Phi) is 6.96. The molecular weight excluding hydrogens is 404 g/mol. The molecule has 0 radical (unpaired) electrons. The van der Waals surface area contributed by atoms with Gasteiger partial charge in [-0.05, 0) is 44.2 Å². The van der Waals surface area contributed by atoms with Crippen LogP contribution in [0.15, 0.2) is 34.2 Å². The van der Waals surface area contributed by atoms with Gasteiger partial charge in [-0.25, -0.2) is 4.98 Å². The van der Waals surface area contributed by atoms with Crippen molar-refractivity contribution in [1.82, 2.24) is 20.2 Å². The summed E-state index contributed by atoms with van der Waals surface area (Å²) in [6, 6.07) is 8.53. The SMILES string of the molecule is CCc1c(CC2CCCCC2)nc(SCc2cc(-c3ccc(C)cc3C)[nH]n2)[nH]c1=O. The maximum absolute atomic E-state index is 12.7. The third-order valence-corrected chi connectivity index (χ3v) is 7.21. The van der Waals surface area contributed by atoms with Crippen LogP contribution in [0.25, 0.3) is 11.3 Å². The van der Waals surface area contributed by atoms with Crippen molar-refractivity contribution < 1.29 is 0 Å². The number of nitrogens with zero attached hydrogens (tertiary/aromatic N) is 2. The van der Waals surface area contributed by atoms with Crippen LogP contribution in [0.4, 0.5) is 0 Å². The molecule has 6 heteroatoms. The Morgan fingerprint density at radius 3 is 2.68 bits per heavy atom. The Morgan fingerprint density at radius 1 is 1.13 bits per heavy atom. The molecule has 0 spiro atoms. The van der Waals surface area contributed by atoms with Gasteiger partial charge >= 0.3 is 0 Å². The number of nitrogens with one attached hydrogen (secondary N) is 2. The van der Waals surface area contributed by atoms with E-state index in [1.54, 1.807) is 11.8 Å². The molecule has 1 saturated carbocycles. The first-order chi connectivity index (χ1) is 15.0. The maximum Gasteiger partial charge on any atom is 0.254 e. The van der Waals surface area contributed by atoms with E-state index in [0.29, 0.717) is 16.8 Å². The van der Waals surface area contributed by atoms with Crippen LogP contribution in [0.1, 0.15) is 67.1 Å². The molecule has 1 aromatic carbocycles. The summed E-state index contributed by atoms with van der Waals surface area (Å²) in [5.74, 6) is 1.33. The zero-order valence-corrected chi connectivity index (χ0v) is 19.6. The Balaban J connectivity index is 1.48. The molecule has 0 saturated heterocycles. The third kappa shape index (κ3) is 5.29. The smallest absolute Gasteiger partial charge is 0.254 e. The second-order valence-electron chi connectivity index (χ2n) is 8.74. The van der Waals surface area contributed by atoms with Gasteiger partial charge in [0.15, 0.2) is 5.16 Å². The number of aromatic nitrogens is 4. The number of hydrogen-bond donors (Lipinski definition) is 2. The van der Waals surface area contributed by atoms with Gasteiger partial charge in [0.25, 0.3) is 5.56 Å². The molecule has 0 aliphatic heterocycles. The lowest BCUT2D eigenvalue weighted by molar-refractivity contribution is 0.352. The van der Waals surface area contributed by atoms with E-state index in [-0.39, 0.29) is 5.56 Å². The number of H-pyrrole nitrogens is 2. The van der Waals surface area contributed by atoms with Gasteiger partial charge in [0.05, 0.1) is 17.1 Å². The number of benzene rings is 1. The van der Waals surface area contributed by atoms with Crippen molar-refractivity contribution in [3.8, 4) is 11.3 Å². The zero-order chi connectivity index (χ0) is 21.8. The first-order valence-electron chi connectivity index (χ1n) is 11.4. The highest BCUT2D eigenvalue weighted by molar-refractivity contribution is 7.98. The van der Waals surface area contributed by atoms with E-state index < -0.39 is 0 Å². The summed E-state index contributed by atoms with van der Waals surface area (Å²) >= 11 is 1.55. The van der Waals surface area contributed by atoms with Crippen molar-refractivity contribution in [3.05, 3.63) is 62.7 Å². The number of thioether (sulfide) groups is 1. The molecule has 3 aromatic rings. The van der Waals surface area contributed by atoms with Crippen molar-refractivity contribution in [2.45, 2.75) is 76.6 Å². The first-order valence-corrected chi connectivity index (χ1v) is 12.4. The maximum atomic E-state index is 12.7. The molecule has 1 fully saturated rings. The Hall–Kier alpha value is -2.34. The number of hydrogen-bond acceptors (Lipinski definition) is 4. The lowest BCUT2D eigenvalue weighted by Crippen LogP contribution is -2.21. The molecule has 2 N–H and O–H groups in total. The first kappa shape index (κ1) is 21.9. The van der Waals surface area contributed by atoms with Crippen molar-refractivity contribution in [3.63, 3.8) is 0 Å². The molecule has 2 heterocycles. The van der Waals surface area contributed by atoms with Gasteiger partial charge in [0, 0.05) is 16.9 Å². The van der Waals surface area contributed by atoms with Crippen LogP contribution in [0, 0.1) is 19.8 Å². The minimum atomic E-state index is 0.0174. The van der Waals surface area contributed by atoms with Crippen LogP contribution in [0.5, 0.6) is 0 Å². The molecule has 0 atom stereocenters. The predicted octanol–water partition coefficient (Wildman–Crippen LogP) is 5.75. The van der Waals surface area contributed by atoms with Crippen LogP contribution in [0.2, 0.25) is 0 Å². The largest absolute Gasteiger partial charge is 0.301 e. The fraction of sp³-hybridized carbons (Fsp3) is 0.480. The third-order valence-electron chi connectivity index (χ3n) is 6.30. The molecule has 2 aromatic heterocycles. The fourth-order valence-electron chi connectivity index (χ4n) is 4.62. The lowest BCUT2D eigenvalue weighted by atomic mass is 9.85. The molecule has 0 unspecified atom stereocenters. The molecule has 0 amide bonds. The van der Waals surface area contributed by atoms with E-state index in [9.17, 15) is 4.79 Å². The van der Waals surface area contributed by atoms with Crippen LogP contribution < -0.4 is 5.56 Å². The molecule has 31 heavy (non-hydrogen) atoms. The molecule has 164 valence electrons. The van der Waals surface area contributed by atoms with Gasteiger partial charge in [-0.2, -0.15) is 5.10 Å². The van der Waals surface area contributed by atoms with Gasteiger partial charge in [0.1, 0.15) is 0 Å². The summed E-state index contributed by atoms with van der Waals surface area (Å²) in [4.78, 5) is 20.5. The van der Waals surface area contributed by atoms with E-state index in [1.165, 1.54) is 48.8 Å². The molecule has 5 nitrogen and oxygen atoms in total. The van der Waals surface area contributed by atoms with Crippen LogP contribution in [0.3, 0.4) is 0 Å². The Bertz CT molecular complexity index is 1100. The highest BCUT2D eigenvalue weighted by Crippen LogP contribution is 2.28. The van der Waals surface area contributed by atoms with E-state index in [0.717, 1.165) is 35.5 Å². The van der Waals surface area contributed by atoms with Crippen LogP contribution in [-0.2, 0) is 18.6 Å². The van der Waals surface area contributed by atoms with E-state index in [2.05, 4.69) is 53.3 Å². The molecule has 0 bridgehead atoms. The normalized spacial score (nSPS) is 14.8. The second-order valence-corrected chi connectivity index (χ2v) is 9.70. The van der Waals surface area contributed by atoms with Crippen molar-refractivity contribution in [2.24, 2.45) is 5.92 Å². The number of aryl methyl sites for hydroxylation is 2. The fourth-order valence-corrected chi connectivity index (χ4v) is 5.39. The summed E-state index contributed by atoms with van der Waals surface area (Å²) in [5, 5.41) is 8.33. The topological polar surface area (TPSA) is 74.4 Å². The quantitative estimate of drug-likeness (QED) is 0.365. The number of aromatic amines is 2. The molecule has 1 aliphatic carbocycles. The van der Waals surface area contributed by atoms with Gasteiger partial charge < -0.3 is 4.98 Å². The molecular formula is C25H32N4OS. The highest BCUT2D eigenvalue weighted by atomic mass is 32.2. The summed E-state index contributed by atoms with van der Waals surface area (Å²) < 4.78 is 0. The average Bonchev–Trinajstić information content (AvgIpc) is 3.21. The standard InChI is InChI=1S/C25H32N4OS/c1-4-20-22(13-18-8-6-5-7-9-18)26-25(27-24(20)30)31-15-19-14-23(29-28-19)21-11-10-16(2)12-17(21)3/h10-12,14,18H,4-9,13,15H2,1-3H3,(H,28,29)(H,26,27,30). The second kappa shape index (κ2) is 9.86. The van der Waals surface area contributed by atoms with Crippen molar-refractivity contribution in [2.75, 3.05) is 0 Å². The van der Waals surface area contributed by atoms with Crippen LogP contribution >= 0.6 is 11.8 Å². The highest BCUT2D eigenvalue weighted by Gasteiger charge is 2.19. The van der Waals surface area contributed by atoms with Gasteiger partial charge in [-0.3, -0.25) is 9.89 Å². The minimum Gasteiger partial charge on any atom is -0.301 e. The van der Waals surface area contributed by atoms with Gasteiger partial charge in [0.2, 0.25) is 0 Å². The minimum absolute atomic E-state index is 0.0174. The summed E-state index contributed by atoms with van der Waals surface area (Å²) in [5.41, 5.74) is 7.50. The Morgan fingerprint density at radius 2 is 1.94 bits per heavy atom. The van der Waals surface area contributed by atoms with Crippen molar-refractivity contribution in [1.29, 1.82) is 0 Å². The number of rotatable bonds is 7. The summed E-state index contributed by atoms with van der Waals surface area (Å²) in [6.07, 6.45) is 8.13. The summed E-state index contributed by atoms with van der Waals surface area (Å²) in [7, 11) is 0. The van der Waals surface area contributed by atoms with E-state index in [4.69, 9.17) is 4.98 Å².